The maximum atomic E-state index is 12.4. The lowest BCUT2D eigenvalue weighted by Gasteiger charge is -2.10. The number of hydrogen-bond acceptors (Lipinski definition) is 5. The molecular formula is C13H13N5O3. The molecular weight excluding hydrogens is 274 g/mol. The van der Waals surface area contributed by atoms with E-state index in [1.54, 1.807) is 26.2 Å². The van der Waals surface area contributed by atoms with E-state index in [0.717, 1.165) is 0 Å². The molecule has 8 nitrogen and oxygen atoms in total. The van der Waals surface area contributed by atoms with Crippen molar-refractivity contribution in [3.8, 4) is 0 Å². The first-order chi connectivity index (χ1) is 10.1. The zero-order valence-corrected chi connectivity index (χ0v) is 11.4. The summed E-state index contributed by atoms with van der Waals surface area (Å²) in [5.74, 6) is 0.563. The monoisotopic (exact) mass is 287 g/mol. The summed E-state index contributed by atoms with van der Waals surface area (Å²) < 4.78 is 5.36. The van der Waals surface area contributed by atoms with Gasteiger partial charge in [0.1, 0.15) is 17.0 Å². The Labute approximate surface area is 118 Å². The van der Waals surface area contributed by atoms with Crippen molar-refractivity contribution < 1.29 is 9.21 Å². The second kappa shape index (κ2) is 4.89. The average Bonchev–Trinajstić information content (AvgIpc) is 3.05. The molecule has 0 radical (unpaired) electrons. The van der Waals surface area contributed by atoms with Crippen LogP contribution in [0.2, 0.25) is 0 Å². The molecule has 3 aromatic rings. The second-order valence-corrected chi connectivity index (χ2v) is 4.61. The summed E-state index contributed by atoms with van der Waals surface area (Å²) in [6.07, 6.45) is 4.51. The van der Waals surface area contributed by atoms with Crippen LogP contribution >= 0.6 is 0 Å². The zero-order chi connectivity index (χ0) is 15.0. The fourth-order valence-corrected chi connectivity index (χ4v) is 2.18. The highest BCUT2D eigenvalue weighted by atomic mass is 16.3. The summed E-state index contributed by atoms with van der Waals surface area (Å²) in [5, 5.41) is 2.92. The van der Waals surface area contributed by atoms with Crippen molar-refractivity contribution in [2.45, 2.75) is 19.9 Å². The Kier molecular flexibility index (Phi) is 3.05. The topological polar surface area (TPSA) is 117 Å². The van der Waals surface area contributed by atoms with Gasteiger partial charge < -0.3 is 19.7 Å². The Morgan fingerprint density at radius 3 is 2.90 bits per heavy atom. The van der Waals surface area contributed by atoms with Crippen LogP contribution in [0.4, 0.5) is 0 Å². The van der Waals surface area contributed by atoms with Gasteiger partial charge in [-0.05, 0) is 13.8 Å². The number of imidazole rings is 1. The lowest BCUT2D eigenvalue weighted by molar-refractivity contribution is 0.0938. The second-order valence-electron chi connectivity index (χ2n) is 4.61. The van der Waals surface area contributed by atoms with Crippen molar-refractivity contribution in [2.24, 2.45) is 0 Å². The Morgan fingerprint density at radius 2 is 2.19 bits per heavy atom. The molecule has 1 unspecified atom stereocenters. The van der Waals surface area contributed by atoms with E-state index in [9.17, 15) is 9.59 Å². The molecule has 0 bridgehead atoms. The Bertz CT molecular complexity index is 846. The normalized spacial score (nSPS) is 12.5. The fourth-order valence-electron chi connectivity index (χ4n) is 2.18. The van der Waals surface area contributed by atoms with E-state index < -0.39 is 11.5 Å². The van der Waals surface area contributed by atoms with Crippen molar-refractivity contribution in [3.63, 3.8) is 0 Å². The molecule has 0 saturated heterocycles. The van der Waals surface area contributed by atoms with Gasteiger partial charge in [-0.2, -0.15) is 0 Å². The third-order valence-corrected chi connectivity index (χ3v) is 3.17. The van der Waals surface area contributed by atoms with Gasteiger partial charge in [-0.3, -0.25) is 9.59 Å². The van der Waals surface area contributed by atoms with E-state index in [-0.39, 0.29) is 22.7 Å². The summed E-state index contributed by atoms with van der Waals surface area (Å²) in [4.78, 5) is 37.6. The quantitative estimate of drug-likeness (QED) is 0.665. The number of aromatic nitrogens is 4. The number of hydrogen-bond donors (Lipinski definition) is 3. The van der Waals surface area contributed by atoms with E-state index in [1.807, 2.05) is 0 Å². The van der Waals surface area contributed by atoms with Crippen LogP contribution in [0.3, 0.4) is 0 Å². The van der Waals surface area contributed by atoms with Crippen LogP contribution < -0.4 is 10.9 Å². The number of nitrogens with zero attached hydrogens (tertiary/aromatic N) is 2. The van der Waals surface area contributed by atoms with Crippen molar-refractivity contribution in [3.05, 3.63) is 46.2 Å². The molecule has 0 aliphatic heterocycles. The first kappa shape index (κ1) is 13.1. The molecule has 0 aliphatic carbocycles. The van der Waals surface area contributed by atoms with Crippen LogP contribution in [0.1, 0.15) is 34.9 Å². The average molecular weight is 287 g/mol. The maximum absolute atomic E-state index is 12.4. The first-order valence-electron chi connectivity index (χ1n) is 6.35. The molecule has 0 aliphatic rings. The number of carbonyl (C=O) groups is 1. The molecule has 0 fully saturated rings. The van der Waals surface area contributed by atoms with E-state index in [2.05, 4.69) is 25.3 Å². The van der Waals surface area contributed by atoms with Gasteiger partial charge in [-0.1, -0.05) is 0 Å². The number of carbonyl (C=O) groups excluding carboxylic acids is 1. The van der Waals surface area contributed by atoms with Gasteiger partial charge in [0.05, 0.1) is 17.9 Å². The number of rotatable bonds is 3. The largest absolute Gasteiger partial charge is 0.442 e. The number of H-pyrrole nitrogens is 2. The zero-order valence-electron chi connectivity index (χ0n) is 11.4. The van der Waals surface area contributed by atoms with Crippen molar-refractivity contribution in [1.82, 2.24) is 25.3 Å². The molecule has 1 atom stereocenters. The van der Waals surface area contributed by atoms with Crippen molar-refractivity contribution in [2.75, 3.05) is 0 Å². The third kappa shape index (κ3) is 2.20. The van der Waals surface area contributed by atoms with Crippen LogP contribution in [0.5, 0.6) is 0 Å². The van der Waals surface area contributed by atoms with Crippen LogP contribution in [-0.4, -0.2) is 25.8 Å². The van der Waals surface area contributed by atoms with Crippen LogP contribution in [-0.2, 0) is 0 Å². The SMILES string of the molecule is Cc1oc2nc[nH]c(=O)c2c1C(=O)NC(C)c1ncc[nH]1. The van der Waals surface area contributed by atoms with Gasteiger partial charge >= 0.3 is 0 Å². The Balaban J connectivity index is 1.99. The number of furan rings is 1. The summed E-state index contributed by atoms with van der Waals surface area (Å²) >= 11 is 0. The molecule has 1 amide bonds. The minimum Gasteiger partial charge on any atom is -0.442 e. The number of fused-ring (bicyclic) bond motifs is 1. The van der Waals surface area contributed by atoms with Gasteiger partial charge in [-0.25, -0.2) is 9.97 Å². The summed E-state index contributed by atoms with van der Waals surface area (Å²) in [5.41, 5.74) is -0.0718. The van der Waals surface area contributed by atoms with Crippen molar-refractivity contribution >= 4 is 17.0 Å². The highest BCUT2D eigenvalue weighted by Gasteiger charge is 2.23. The first-order valence-corrected chi connectivity index (χ1v) is 6.35. The van der Waals surface area contributed by atoms with Crippen molar-refractivity contribution in [1.29, 1.82) is 0 Å². The molecule has 21 heavy (non-hydrogen) atoms. The van der Waals surface area contributed by atoms with Crippen LogP contribution in [0.25, 0.3) is 11.1 Å². The van der Waals surface area contributed by atoms with E-state index in [1.165, 1.54) is 6.33 Å². The highest BCUT2D eigenvalue weighted by molar-refractivity contribution is 6.06. The molecule has 3 aromatic heterocycles. The van der Waals surface area contributed by atoms with E-state index in [4.69, 9.17) is 4.42 Å². The summed E-state index contributed by atoms with van der Waals surface area (Å²) in [6.45, 7) is 3.41. The fraction of sp³-hybridized carbons (Fsp3) is 0.231. The standard InChI is InChI=1S/C13H13N5O3/c1-6(10-14-3-4-15-10)18-12(20)8-7(2)21-13-9(8)11(19)16-5-17-13/h3-6H,1-2H3,(H,14,15)(H,18,20)(H,16,17,19). The predicted octanol–water partition coefficient (Wildman–Crippen LogP) is 1.04. The molecule has 3 rings (SSSR count). The molecule has 0 saturated carbocycles. The van der Waals surface area contributed by atoms with Crippen LogP contribution in [0.15, 0.2) is 27.9 Å². The van der Waals surface area contributed by atoms with E-state index >= 15 is 0 Å². The van der Waals surface area contributed by atoms with Gasteiger partial charge in [0.25, 0.3) is 11.5 Å². The van der Waals surface area contributed by atoms with Gasteiger partial charge in [0.15, 0.2) is 0 Å². The Hall–Kier alpha value is -2.90. The number of amides is 1. The lowest BCUT2D eigenvalue weighted by atomic mass is 10.1. The Morgan fingerprint density at radius 1 is 1.38 bits per heavy atom. The number of aryl methyl sites for hydroxylation is 1. The summed E-state index contributed by atoms with van der Waals surface area (Å²) in [6, 6.07) is -0.326. The molecule has 3 heterocycles. The minimum absolute atomic E-state index is 0.145. The number of aromatic amines is 2. The molecule has 108 valence electrons. The molecule has 0 spiro atoms. The minimum atomic E-state index is -0.410. The predicted molar refractivity (Wildman–Crippen MR) is 73.8 cm³/mol. The smallest absolute Gasteiger partial charge is 0.262 e. The van der Waals surface area contributed by atoms with Gasteiger partial charge in [0.2, 0.25) is 5.71 Å². The van der Waals surface area contributed by atoms with Gasteiger partial charge in [0, 0.05) is 12.4 Å². The summed E-state index contributed by atoms with van der Waals surface area (Å²) in [7, 11) is 0. The maximum Gasteiger partial charge on any atom is 0.262 e. The lowest BCUT2D eigenvalue weighted by Crippen LogP contribution is -2.28. The van der Waals surface area contributed by atoms with E-state index in [0.29, 0.717) is 11.6 Å². The number of nitrogens with one attached hydrogen (secondary N) is 3. The third-order valence-electron chi connectivity index (χ3n) is 3.17. The van der Waals surface area contributed by atoms with Crippen LogP contribution in [0, 0.1) is 6.92 Å². The molecule has 8 heteroatoms. The molecule has 0 aromatic carbocycles. The van der Waals surface area contributed by atoms with Gasteiger partial charge in [-0.15, -0.1) is 0 Å². The molecule has 3 N–H and O–H groups in total. The highest BCUT2D eigenvalue weighted by Crippen LogP contribution is 2.21.